The van der Waals surface area contributed by atoms with Crippen LogP contribution in [0.2, 0.25) is 0 Å². The van der Waals surface area contributed by atoms with Crippen molar-refractivity contribution in [1.82, 2.24) is 0 Å². The molecule has 116 valence electrons. The van der Waals surface area contributed by atoms with Crippen LogP contribution < -0.4 is 0 Å². The molecule has 3 aromatic carbocycles. The van der Waals surface area contributed by atoms with Gasteiger partial charge in [-0.3, -0.25) is 0 Å². The average molecular weight is 322 g/mol. The summed E-state index contributed by atoms with van der Waals surface area (Å²) >= 11 is 0. The van der Waals surface area contributed by atoms with Gasteiger partial charge in [0.1, 0.15) is 0 Å². The van der Waals surface area contributed by atoms with Crippen molar-refractivity contribution in [2.75, 3.05) is 5.75 Å². The Labute approximate surface area is 137 Å². The second-order valence-corrected chi connectivity index (χ2v) is 7.62. The number of hydrogen-bond donors (Lipinski definition) is 0. The molecule has 0 aliphatic heterocycles. The molecule has 0 saturated carbocycles. The number of benzene rings is 3. The normalized spacial score (nSPS) is 12.0. The third-order valence-electron chi connectivity index (χ3n) is 3.72. The first-order chi connectivity index (χ1) is 11.1. The third-order valence-corrected chi connectivity index (χ3v) is 5.17. The standard InChI is InChI=1S/C20H18O2S/c21-23(22,15-7-10-17-8-2-1-3-9-17)16-19-13-6-12-18-11-4-5-14-20(18)19/h1-14H,15-16H2/b10-7+. The molecule has 0 aromatic heterocycles. The lowest BCUT2D eigenvalue weighted by atomic mass is 10.1. The quantitative estimate of drug-likeness (QED) is 0.694. The van der Waals surface area contributed by atoms with Crippen LogP contribution in [0.15, 0.2) is 78.9 Å². The molecule has 3 rings (SSSR count). The summed E-state index contributed by atoms with van der Waals surface area (Å²) in [5.74, 6) is 0.110. The summed E-state index contributed by atoms with van der Waals surface area (Å²) in [4.78, 5) is 0. The number of rotatable bonds is 5. The number of fused-ring (bicyclic) bond motifs is 1. The first-order valence-corrected chi connectivity index (χ1v) is 9.35. The molecule has 0 aliphatic rings. The maximum atomic E-state index is 12.4. The molecular formula is C20H18O2S. The van der Waals surface area contributed by atoms with E-state index >= 15 is 0 Å². The van der Waals surface area contributed by atoms with Gasteiger partial charge in [0, 0.05) is 0 Å². The van der Waals surface area contributed by atoms with Crippen LogP contribution in [0.4, 0.5) is 0 Å². The Morgan fingerprint density at radius 3 is 2.30 bits per heavy atom. The Balaban J connectivity index is 1.77. The Bertz CT molecular complexity index is 921. The highest BCUT2D eigenvalue weighted by Gasteiger charge is 2.12. The average Bonchev–Trinajstić information content (AvgIpc) is 2.56. The van der Waals surface area contributed by atoms with Crippen LogP contribution in [-0.4, -0.2) is 14.2 Å². The van der Waals surface area contributed by atoms with E-state index in [4.69, 9.17) is 0 Å². The second kappa shape index (κ2) is 6.80. The lowest BCUT2D eigenvalue weighted by Gasteiger charge is -2.06. The maximum Gasteiger partial charge on any atom is 0.158 e. The molecule has 0 N–H and O–H groups in total. The third kappa shape index (κ3) is 4.08. The SMILES string of the molecule is O=S(=O)(C/C=C/c1ccccc1)Cc1cccc2ccccc12. The van der Waals surface area contributed by atoms with Gasteiger partial charge in [0.2, 0.25) is 0 Å². The van der Waals surface area contributed by atoms with Gasteiger partial charge in [0.25, 0.3) is 0 Å². The zero-order valence-electron chi connectivity index (χ0n) is 12.7. The molecule has 0 unspecified atom stereocenters. The first kappa shape index (κ1) is 15.5. The minimum atomic E-state index is -3.18. The molecule has 0 fully saturated rings. The molecule has 0 aliphatic carbocycles. The molecular weight excluding hydrogens is 304 g/mol. The lowest BCUT2D eigenvalue weighted by Crippen LogP contribution is -2.07. The summed E-state index contributed by atoms with van der Waals surface area (Å²) < 4.78 is 24.8. The van der Waals surface area contributed by atoms with Gasteiger partial charge in [0.15, 0.2) is 9.84 Å². The van der Waals surface area contributed by atoms with E-state index in [1.165, 1.54) is 0 Å². The van der Waals surface area contributed by atoms with Gasteiger partial charge in [-0.2, -0.15) is 0 Å². The summed E-state index contributed by atoms with van der Waals surface area (Å²) in [5.41, 5.74) is 1.86. The second-order valence-electron chi connectivity index (χ2n) is 5.51. The summed E-state index contributed by atoms with van der Waals surface area (Å²) in [6.45, 7) is 0. The topological polar surface area (TPSA) is 34.1 Å². The maximum absolute atomic E-state index is 12.4. The molecule has 0 heterocycles. The monoisotopic (exact) mass is 322 g/mol. The Morgan fingerprint density at radius 1 is 0.783 bits per heavy atom. The Kier molecular flexibility index (Phi) is 4.58. The fourth-order valence-corrected chi connectivity index (χ4v) is 3.84. The zero-order chi connectivity index (χ0) is 16.1. The van der Waals surface area contributed by atoms with Crippen molar-refractivity contribution in [2.45, 2.75) is 5.75 Å². The molecule has 0 atom stereocenters. The minimum Gasteiger partial charge on any atom is -0.228 e. The van der Waals surface area contributed by atoms with E-state index in [1.807, 2.05) is 78.9 Å². The molecule has 0 saturated heterocycles. The Morgan fingerprint density at radius 2 is 1.48 bits per heavy atom. The van der Waals surface area contributed by atoms with Crippen LogP contribution in [-0.2, 0) is 15.6 Å². The molecule has 0 bridgehead atoms. The van der Waals surface area contributed by atoms with Crippen molar-refractivity contribution in [3.63, 3.8) is 0 Å². The van der Waals surface area contributed by atoms with Crippen LogP contribution in [0, 0.1) is 0 Å². The van der Waals surface area contributed by atoms with E-state index in [9.17, 15) is 8.42 Å². The van der Waals surface area contributed by atoms with E-state index in [0.717, 1.165) is 21.9 Å². The van der Waals surface area contributed by atoms with Crippen LogP contribution in [0.3, 0.4) is 0 Å². The van der Waals surface area contributed by atoms with Gasteiger partial charge in [0.05, 0.1) is 11.5 Å². The highest BCUT2D eigenvalue weighted by atomic mass is 32.2. The van der Waals surface area contributed by atoms with Gasteiger partial charge in [-0.25, -0.2) is 8.42 Å². The summed E-state index contributed by atoms with van der Waals surface area (Å²) in [7, 11) is -3.18. The molecule has 0 spiro atoms. The zero-order valence-corrected chi connectivity index (χ0v) is 13.5. The largest absolute Gasteiger partial charge is 0.228 e. The summed E-state index contributed by atoms with van der Waals surface area (Å²) in [5, 5.41) is 2.07. The van der Waals surface area contributed by atoms with Gasteiger partial charge in [-0.1, -0.05) is 84.9 Å². The van der Waals surface area contributed by atoms with Gasteiger partial charge < -0.3 is 0 Å². The molecule has 3 heteroatoms. The van der Waals surface area contributed by atoms with Gasteiger partial charge in [-0.05, 0) is 21.9 Å². The van der Waals surface area contributed by atoms with Crippen molar-refractivity contribution < 1.29 is 8.42 Å². The molecule has 2 nitrogen and oxygen atoms in total. The van der Waals surface area contributed by atoms with E-state index in [2.05, 4.69) is 0 Å². The van der Waals surface area contributed by atoms with E-state index in [1.54, 1.807) is 6.08 Å². The number of sulfone groups is 1. The number of hydrogen-bond acceptors (Lipinski definition) is 2. The molecule has 23 heavy (non-hydrogen) atoms. The highest BCUT2D eigenvalue weighted by molar-refractivity contribution is 7.90. The van der Waals surface area contributed by atoms with E-state index in [0.29, 0.717) is 0 Å². The molecule has 0 radical (unpaired) electrons. The van der Waals surface area contributed by atoms with Gasteiger partial charge >= 0.3 is 0 Å². The van der Waals surface area contributed by atoms with Crippen LogP contribution >= 0.6 is 0 Å². The highest BCUT2D eigenvalue weighted by Crippen LogP contribution is 2.20. The van der Waals surface area contributed by atoms with Crippen molar-refractivity contribution in [3.8, 4) is 0 Å². The fraction of sp³-hybridized carbons (Fsp3) is 0.100. The predicted molar refractivity (Wildman–Crippen MR) is 96.9 cm³/mol. The first-order valence-electron chi connectivity index (χ1n) is 7.53. The smallest absolute Gasteiger partial charge is 0.158 e. The van der Waals surface area contributed by atoms with Crippen LogP contribution in [0.5, 0.6) is 0 Å². The van der Waals surface area contributed by atoms with Crippen molar-refractivity contribution >= 4 is 26.7 Å². The fourth-order valence-electron chi connectivity index (χ4n) is 2.61. The molecule has 0 amide bonds. The van der Waals surface area contributed by atoms with Crippen LogP contribution in [0.1, 0.15) is 11.1 Å². The van der Waals surface area contributed by atoms with Gasteiger partial charge in [-0.15, -0.1) is 0 Å². The van der Waals surface area contributed by atoms with Crippen molar-refractivity contribution in [3.05, 3.63) is 90.0 Å². The van der Waals surface area contributed by atoms with E-state index < -0.39 is 9.84 Å². The Hall–Kier alpha value is -2.39. The summed E-state index contributed by atoms with van der Waals surface area (Å²) in [6.07, 6.45) is 3.57. The minimum absolute atomic E-state index is 0.0467. The summed E-state index contributed by atoms with van der Waals surface area (Å²) in [6, 6.07) is 23.4. The predicted octanol–water partition coefficient (Wildman–Crippen LogP) is 4.47. The molecule has 3 aromatic rings. The van der Waals surface area contributed by atoms with E-state index in [-0.39, 0.29) is 11.5 Å². The van der Waals surface area contributed by atoms with Crippen molar-refractivity contribution in [2.24, 2.45) is 0 Å². The van der Waals surface area contributed by atoms with Crippen LogP contribution in [0.25, 0.3) is 16.8 Å². The lowest BCUT2D eigenvalue weighted by molar-refractivity contribution is 0.598. The van der Waals surface area contributed by atoms with Crippen molar-refractivity contribution in [1.29, 1.82) is 0 Å².